The van der Waals surface area contributed by atoms with Crippen LogP contribution in [0.5, 0.6) is 0 Å². The van der Waals surface area contributed by atoms with Gasteiger partial charge < -0.3 is 5.32 Å². The second kappa shape index (κ2) is 4.31. The number of rotatable bonds is 2. The predicted molar refractivity (Wildman–Crippen MR) is 61.3 cm³/mol. The molecule has 0 saturated heterocycles. The quantitative estimate of drug-likeness (QED) is 0.661. The topological polar surface area (TPSA) is 12.0 Å². The lowest BCUT2D eigenvalue weighted by molar-refractivity contribution is 0.294. The largest absolute Gasteiger partial charge is 0.305 e. The minimum Gasteiger partial charge on any atom is -0.305 e. The summed E-state index contributed by atoms with van der Waals surface area (Å²) in [4.78, 5) is 0. The average Bonchev–Trinajstić information content (AvgIpc) is 2.19. The van der Waals surface area contributed by atoms with Crippen molar-refractivity contribution in [1.82, 2.24) is 5.32 Å². The minimum absolute atomic E-state index is 0.348. The van der Waals surface area contributed by atoms with Crippen LogP contribution in [0.15, 0.2) is 24.3 Å². The number of hydrogen-bond donors (Lipinski definition) is 1. The van der Waals surface area contributed by atoms with Gasteiger partial charge in [-0.1, -0.05) is 24.3 Å². The van der Waals surface area contributed by atoms with E-state index in [-0.39, 0.29) is 0 Å². The van der Waals surface area contributed by atoms with E-state index in [2.05, 4.69) is 36.5 Å². The molecule has 2 aliphatic rings. The number of nitrogens with one attached hydrogen (secondary N) is 1. The molecule has 2 atom stereocenters. The van der Waals surface area contributed by atoms with Crippen molar-refractivity contribution in [2.75, 3.05) is 0 Å². The Morgan fingerprint density at radius 3 is 2.79 bits per heavy atom. The summed E-state index contributed by atoms with van der Waals surface area (Å²) in [6.07, 6.45) is 17.0. The van der Waals surface area contributed by atoms with Crippen molar-refractivity contribution in [1.29, 1.82) is 0 Å². The summed E-state index contributed by atoms with van der Waals surface area (Å²) >= 11 is 0. The first-order chi connectivity index (χ1) is 6.79. The highest BCUT2D eigenvalue weighted by Gasteiger charge is 2.26. The summed E-state index contributed by atoms with van der Waals surface area (Å²) in [5.41, 5.74) is 0.348. The van der Waals surface area contributed by atoms with Gasteiger partial charge in [0.25, 0.3) is 0 Å². The molecule has 2 rings (SSSR count). The first-order valence-corrected chi connectivity index (χ1v) is 5.88. The summed E-state index contributed by atoms with van der Waals surface area (Å²) < 4.78 is 0. The maximum Gasteiger partial charge on any atom is 0.0255 e. The first kappa shape index (κ1) is 9.97. The Hall–Kier alpha value is -0.560. The lowest BCUT2D eigenvalue weighted by atomic mass is 9.86. The van der Waals surface area contributed by atoms with E-state index in [0.29, 0.717) is 11.6 Å². The third-order valence-corrected chi connectivity index (χ3v) is 3.39. The molecule has 0 radical (unpaired) electrons. The van der Waals surface area contributed by atoms with Gasteiger partial charge in [-0.2, -0.15) is 0 Å². The van der Waals surface area contributed by atoms with Crippen molar-refractivity contribution in [3.05, 3.63) is 24.3 Å². The molecule has 78 valence electrons. The minimum atomic E-state index is 0.348. The molecule has 1 heteroatoms. The van der Waals surface area contributed by atoms with Crippen LogP contribution in [0, 0.1) is 0 Å². The van der Waals surface area contributed by atoms with Crippen molar-refractivity contribution in [3.8, 4) is 0 Å². The van der Waals surface area contributed by atoms with E-state index in [4.69, 9.17) is 0 Å². The predicted octanol–water partition coefficient (Wildman–Crippen LogP) is 3.18. The SMILES string of the molecule is CC1(NC2C=CCCC2)CC=CCC1. The molecular weight excluding hydrogens is 170 g/mol. The Labute approximate surface area is 87.3 Å². The van der Waals surface area contributed by atoms with Gasteiger partial charge in [0.2, 0.25) is 0 Å². The summed E-state index contributed by atoms with van der Waals surface area (Å²) in [6.45, 7) is 2.36. The zero-order valence-corrected chi connectivity index (χ0v) is 9.13. The van der Waals surface area contributed by atoms with Gasteiger partial charge in [0.05, 0.1) is 0 Å². The van der Waals surface area contributed by atoms with Gasteiger partial charge in [-0.3, -0.25) is 0 Å². The van der Waals surface area contributed by atoms with Gasteiger partial charge in [-0.05, 0) is 45.4 Å². The number of allylic oxidation sites excluding steroid dienone is 2. The highest BCUT2D eigenvalue weighted by atomic mass is 15.0. The summed E-state index contributed by atoms with van der Waals surface area (Å²) in [6, 6.07) is 0.625. The highest BCUT2D eigenvalue weighted by Crippen LogP contribution is 2.25. The van der Waals surface area contributed by atoms with E-state index >= 15 is 0 Å². The fourth-order valence-electron chi connectivity index (χ4n) is 2.48. The van der Waals surface area contributed by atoms with Crippen LogP contribution in [0.3, 0.4) is 0 Å². The molecule has 0 aromatic heterocycles. The van der Waals surface area contributed by atoms with Crippen molar-refractivity contribution in [2.45, 2.75) is 57.0 Å². The van der Waals surface area contributed by atoms with Crippen LogP contribution in [0.1, 0.15) is 45.4 Å². The van der Waals surface area contributed by atoms with Gasteiger partial charge in [-0.25, -0.2) is 0 Å². The van der Waals surface area contributed by atoms with Crippen molar-refractivity contribution in [2.24, 2.45) is 0 Å². The monoisotopic (exact) mass is 191 g/mol. The fourth-order valence-corrected chi connectivity index (χ4v) is 2.48. The normalized spacial score (nSPS) is 37.4. The number of hydrogen-bond acceptors (Lipinski definition) is 1. The molecule has 0 amide bonds. The zero-order valence-electron chi connectivity index (χ0n) is 9.13. The Morgan fingerprint density at radius 1 is 1.21 bits per heavy atom. The van der Waals surface area contributed by atoms with E-state index in [1.54, 1.807) is 0 Å². The summed E-state index contributed by atoms with van der Waals surface area (Å²) in [5.74, 6) is 0. The van der Waals surface area contributed by atoms with Crippen LogP contribution in [0.2, 0.25) is 0 Å². The molecule has 0 aliphatic heterocycles. The van der Waals surface area contributed by atoms with Gasteiger partial charge in [0.1, 0.15) is 0 Å². The smallest absolute Gasteiger partial charge is 0.0255 e. The molecule has 0 spiro atoms. The van der Waals surface area contributed by atoms with Crippen LogP contribution >= 0.6 is 0 Å². The second-order valence-corrected chi connectivity index (χ2v) is 4.88. The highest BCUT2D eigenvalue weighted by molar-refractivity contribution is 5.06. The van der Waals surface area contributed by atoms with E-state index in [1.807, 2.05) is 0 Å². The molecule has 1 nitrogen and oxygen atoms in total. The molecule has 0 fully saturated rings. The maximum atomic E-state index is 3.80. The molecule has 2 aliphatic carbocycles. The third-order valence-electron chi connectivity index (χ3n) is 3.39. The second-order valence-electron chi connectivity index (χ2n) is 4.88. The maximum absolute atomic E-state index is 3.80. The molecular formula is C13H21N. The average molecular weight is 191 g/mol. The van der Waals surface area contributed by atoms with Crippen molar-refractivity contribution >= 4 is 0 Å². The summed E-state index contributed by atoms with van der Waals surface area (Å²) in [7, 11) is 0. The van der Waals surface area contributed by atoms with Crippen LogP contribution < -0.4 is 5.32 Å². The third kappa shape index (κ3) is 2.48. The molecule has 2 unspecified atom stereocenters. The van der Waals surface area contributed by atoms with Crippen LogP contribution in [-0.4, -0.2) is 11.6 Å². The van der Waals surface area contributed by atoms with Gasteiger partial charge in [0, 0.05) is 11.6 Å². The molecule has 1 N–H and O–H groups in total. The zero-order chi connectivity index (χ0) is 9.86. The molecule has 0 heterocycles. The van der Waals surface area contributed by atoms with E-state index < -0.39 is 0 Å². The van der Waals surface area contributed by atoms with E-state index in [9.17, 15) is 0 Å². The molecule has 0 bridgehead atoms. The van der Waals surface area contributed by atoms with E-state index in [1.165, 1.54) is 38.5 Å². The van der Waals surface area contributed by atoms with E-state index in [0.717, 1.165) is 0 Å². The molecule has 0 aromatic carbocycles. The first-order valence-electron chi connectivity index (χ1n) is 5.88. The Morgan fingerprint density at radius 2 is 2.14 bits per heavy atom. The lowest BCUT2D eigenvalue weighted by Gasteiger charge is -2.36. The van der Waals surface area contributed by atoms with Crippen LogP contribution in [0.4, 0.5) is 0 Å². The van der Waals surface area contributed by atoms with Crippen molar-refractivity contribution < 1.29 is 0 Å². The Kier molecular flexibility index (Phi) is 3.07. The lowest BCUT2D eigenvalue weighted by Crippen LogP contribution is -2.48. The Bertz CT molecular complexity index is 242. The van der Waals surface area contributed by atoms with Gasteiger partial charge in [0.15, 0.2) is 0 Å². The molecule has 0 aromatic rings. The Balaban J connectivity index is 1.91. The standard InChI is InChI=1S/C13H21N/c1-13(10-6-3-7-11-13)14-12-8-4-2-5-9-12/h3-4,6,8,12,14H,2,5,7,9-11H2,1H3. The van der Waals surface area contributed by atoms with Crippen LogP contribution in [-0.2, 0) is 0 Å². The molecule has 0 saturated carbocycles. The molecule has 14 heavy (non-hydrogen) atoms. The van der Waals surface area contributed by atoms with Crippen molar-refractivity contribution in [3.63, 3.8) is 0 Å². The van der Waals surface area contributed by atoms with Gasteiger partial charge >= 0.3 is 0 Å². The van der Waals surface area contributed by atoms with Gasteiger partial charge in [-0.15, -0.1) is 0 Å². The van der Waals surface area contributed by atoms with Crippen LogP contribution in [0.25, 0.3) is 0 Å². The fraction of sp³-hybridized carbons (Fsp3) is 0.692. The summed E-state index contributed by atoms with van der Waals surface area (Å²) in [5, 5.41) is 3.80.